The van der Waals surface area contributed by atoms with E-state index in [-0.39, 0.29) is 11.0 Å². The highest BCUT2D eigenvalue weighted by Crippen LogP contribution is 2.18. The minimum Gasteiger partial charge on any atom is -0.328 e. The highest BCUT2D eigenvalue weighted by Gasteiger charge is 2.08. The Kier molecular flexibility index (Phi) is 3.08. The first-order chi connectivity index (χ1) is 9.63. The van der Waals surface area contributed by atoms with E-state index >= 15 is 0 Å². The molecule has 100 valence electrons. The number of nitrogens with zero attached hydrogens (tertiary/aromatic N) is 4. The van der Waals surface area contributed by atoms with E-state index in [1.165, 1.54) is 6.07 Å². The quantitative estimate of drug-likeness (QED) is 0.422. The zero-order valence-corrected chi connectivity index (χ0v) is 11.0. The van der Waals surface area contributed by atoms with Crippen LogP contribution in [0.1, 0.15) is 5.56 Å². The van der Waals surface area contributed by atoms with Crippen LogP contribution < -0.4 is 0 Å². The zero-order valence-electron chi connectivity index (χ0n) is 10.2. The summed E-state index contributed by atoms with van der Waals surface area (Å²) in [6.45, 7) is 0.485. The van der Waals surface area contributed by atoms with E-state index in [0.717, 1.165) is 10.9 Å². The summed E-state index contributed by atoms with van der Waals surface area (Å²) in [6.07, 6.45) is 3.50. The number of hydrogen-bond donors (Lipinski definition) is 0. The second-order valence-corrected chi connectivity index (χ2v) is 4.63. The molecule has 0 aliphatic carbocycles. The lowest BCUT2D eigenvalue weighted by Crippen LogP contribution is -2.00. The molecule has 1 aromatic carbocycles. The normalized spacial score (nSPS) is 10.8. The largest absolute Gasteiger partial charge is 0.328 e. The number of nitro groups is 1. The van der Waals surface area contributed by atoms with Gasteiger partial charge in [-0.15, -0.1) is 0 Å². The number of rotatable bonds is 3. The van der Waals surface area contributed by atoms with E-state index in [1.807, 2.05) is 22.9 Å². The third-order valence-corrected chi connectivity index (χ3v) is 3.13. The number of nitro benzene ring substituents is 1. The van der Waals surface area contributed by atoms with Gasteiger partial charge in [-0.25, -0.2) is 4.98 Å². The fourth-order valence-electron chi connectivity index (χ4n) is 2.04. The molecule has 0 N–H and O–H groups in total. The van der Waals surface area contributed by atoms with Crippen molar-refractivity contribution < 1.29 is 4.92 Å². The molecule has 2 heterocycles. The van der Waals surface area contributed by atoms with Gasteiger partial charge >= 0.3 is 0 Å². The van der Waals surface area contributed by atoms with E-state index in [2.05, 4.69) is 9.97 Å². The molecular formula is C13H9ClN4O2. The third-order valence-electron chi connectivity index (χ3n) is 2.95. The van der Waals surface area contributed by atoms with Crippen molar-refractivity contribution in [3.05, 3.63) is 63.7 Å². The van der Waals surface area contributed by atoms with Crippen molar-refractivity contribution in [2.75, 3.05) is 0 Å². The fourth-order valence-corrected chi connectivity index (χ4v) is 2.17. The number of halogens is 1. The molecule has 3 aromatic rings. The maximum absolute atomic E-state index is 10.8. The van der Waals surface area contributed by atoms with E-state index < -0.39 is 4.92 Å². The molecule has 0 unspecified atom stereocenters. The van der Waals surface area contributed by atoms with Gasteiger partial charge in [0.1, 0.15) is 5.65 Å². The number of benzene rings is 1. The van der Waals surface area contributed by atoms with Crippen LogP contribution >= 0.6 is 11.6 Å². The van der Waals surface area contributed by atoms with Gasteiger partial charge in [-0.1, -0.05) is 12.1 Å². The Morgan fingerprint density at radius 2 is 2.20 bits per heavy atom. The van der Waals surface area contributed by atoms with Crippen LogP contribution in [0.2, 0.25) is 5.28 Å². The van der Waals surface area contributed by atoms with E-state index in [1.54, 1.807) is 18.3 Å². The monoisotopic (exact) mass is 288 g/mol. The Labute approximate surface area is 118 Å². The second kappa shape index (κ2) is 4.90. The van der Waals surface area contributed by atoms with Crippen molar-refractivity contribution in [1.29, 1.82) is 0 Å². The van der Waals surface area contributed by atoms with Gasteiger partial charge < -0.3 is 4.57 Å². The third kappa shape index (κ3) is 2.33. The Bertz CT molecular complexity index is 800. The van der Waals surface area contributed by atoms with Crippen LogP contribution in [0.4, 0.5) is 5.69 Å². The van der Waals surface area contributed by atoms with Crippen LogP contribution in [-0.2, 0) is 6.54 Å². The summed E-state index contributed by atoms with van der Waals surface area (Å²) >= 11 is 5.79. The highest BCUT2D eigenvalue weighted by atomic mass is 35.5. The predicted molar refractivity (Wildman–Crippen MR) is 74.7 cm³/mol. The first-order valence-corrected chi connectivity index (χ1v) is 6.22. The summed E-state index contributed by atoms with van der Waals surface area (Å²) in [5.74, 6) is 0. The maximum Gasteiger partial charge on any atom is 0.269 e. The number of fused-ring (bicyclic) bond motifs is 1. The zero-order chi connectivity index (χ0) is 14.1. The smallest absolute Gasteiger partial charge is 0.269 e. The molecule has 0 amide bonds. The summed E-state index contributed by atoms with van der Waals surface area (Å²) in [7, 11) is 0. The first kappa shape index (κ1) is 12.6. The average molecular weight is 289 g/mol. The van der Waals surface area contributed by atoms with Crippen molar-refractivity contribution in [3.8, 4) is 0 Å². The van der Waals surface area contributed by atoms with Crippen molar-refractivity contribution >= 4 is 28.3 Å². The van der Waals surface area contributed by atoms with Crippen molar-refractivity contribution in [2.24, 2.45) is 0 Å². The number of aromatic nitrogens is 3. The molecule has 7 heteroatoms. The highest BCUT2D eigenvalue weighted by molar-refractivity contribution is 6.28. The molecule has 0 fully saturated rings. The van der Waals surface area contributed by atoms with E-state index in [0.29, 0.717) is 12.2 Å². The molecule has 0 saturated heterocycles. The molecule has 0 spiro atoms. The molecule has 2 aromatic heterocycles. The van der Waals surface area contributed by atoms with E-state index in [4.69, 9.17) is 11.6 Å². The molecule has 0 aliphatic heterocycles. The van der Waals surface area contributed by atoms with Crippen LogP contribution in [0, 0.1) is 10.1 Å². The number of hydrogen-bond acceptors (Lipinski definition) is 4. The van der Waals surface area contributed by atoms with Gasteiger partial charge in [0.15, 0.2) is 0 Å². The fraction of sp³-hybridized carbons (Fsp3) is 0.0769. The van der Waals surface area contributed by atoms with Gasteiger partial charge in [-0.3, -0.25) is 10.1 Å². The summed E-state index contributed by atoms with van der Waals surface area (Å²) in [4.78, 5) is 18.5. The topological polar surface area (TPSA) is 73.8 Å². The maximum atomic E-state index is 10.8. The molecule has 0 saturated carbocycles. The summed E-state index contributed by atoms with van der Waals surface area (Å²) in [6, 6.07) is 8.40. The molecule has 0 atom stereocenters. The molecule has 0 radical (unpaired) electrons. The summed E-state index contributed by atoms with van der Waals surface area (Å²) < 4.78 is 1.88. The van der Waals surface area contributed by atoms with Gasteiger partial charge in [0.05, 0.1) is 4.92 Å². The Morgan fingerprint density at radius 1 is 1.35 bits per heavy atom. The van der Waals surface area contributed by atoms with Gasteiger partial charge in [-0.05, 0) is 23.2 Å². The van der Waals surface area contributed by atoms with Crippen molar-refractivity contribution in [1.82, 2.24) is 14.5 Å². The van der Waals surface area contributed by atoms with Crippen LogP contribution in [0.5, 0.6) is 0 Å². The SMILES string of the molecule is O=[N+]([O-])c1cccc(Cn2ccc3cnc(Cl)nc32)c1. The molecule has 3 rings (SSSR count). The van der Waals surface area contributed by atoms with Gasteiger partial charge in [0.2, 0.25) is 5.28 Å². The van der Waals surface area contributed by atoms with Crippen molar-refractivity contribution in [2.45, 2.75) is 6.54 Å². The lowest BCUT2D eigenvalue weighted by atomic mass is 10.2. The Hall–Kier alpha value is -2.47. The molecule has 0 aliphatic rings. The van der Waals surface area contributed by atoms with E-state index in [9.17, 15) is 10.1 Å². The Balaban J connectivity index is 1.99. The van der Waals surface area contributed by atoms with Crippen LogP contribution in [0.3, 0.4) is 0 Å². The average Bonchev–Trinajstić information content (AvgIpc) is 2.82. The van der Waals surface area contributed by atoms with Crippen molar-refractivity contribution in [3.63, 3.8) is 0 Å². The van der Waals surface area contributed by atoms with Crippen LogP contribution in [0.25, 0.3) is 11.0 Å². The minimum atomic E-state index is -0.406. The molecule has 20 heavy (non-hydrogen) atoms. The van der Waals surface area contributed by atoms with Crippen LogP contribution in [-0.4, -0.2) is 19.5 Å². The minimum absolute atomic E-state index is 0.0756. The molecular weight excluding hydrogens is 280 g/mol. The van der Waals surface area contributed by atoms with Crippen LogP contribution in [0.15, 0.2) is 42.7 Å². The van der Waals surface area contributed by atoms with Gasteiger partial charge in [0.25, 0.3) is 5.69 Å². The number of non-ortho nitro benzene ring substituents is 1. The first-order valence-electron chi connectivity index (χ1n) is 5.84. The molecule has 0 bridgehead atoms. The standard InChI is InChI=1S/C13H9ClN4O2/c14-13-15-7-10-4-5-17(12(10)16-13)8-9-2-1-3-11(6-9)18(19)20/h1-7H,8H2. The lowest BCUT2D eigenvalue weighted by molar-refractivity contribution is -0.384. The lowest BCUT2D eigenvalue weighted by Gasteiger charge is -2.05. The van der Waals surface area contributed by atoms with Gasteiger partial charge in [0, 0.05) is 36.5 Å². The summed E-state index contributed by atoms with van der Waals surface area (Å²) in [5, 5.41) is 11.8. The predicted octanol–water partition coefficient (Wildman–Crippen LogP) is 3.04. The van der Waals surface area contributed by atoms with Gasteiger partial charge in [-0.2, -0.15) is 4.98 Å². The Morgan fingerprint density at radius 3 is 3.00 bits per heavy atom. The summed E-state index contributed by atoms with van der Waals surface area (Å²) in [5.41, 5.74) is 1.61. The second-order valence-electron chi connectivity index (χ2n) is 4.29. The molecule has 6 nitrogen and oxygen atoms in total.